The molecule has 4 heteroatoms. The Bertz CT molecular complexity index is 380. The number of hydrogen-bond acceptors (Lipinski definition) is 4. The zero-order valence-corrected chi connectivity index (χ0v) is 11.8. The van der Waals surface area contributed by atoms with Crippen molar-refractivity contribution in [2.24, 2.45) is 5.92 Å². The Morgan fingerprint density at radius 1 is 1.11 bits per heavy atom. The Hall–Kier alpha value is -1.16. The molecule has 104 valence electrons. The van der Waals surface area contributed by atoms with E-state index in [1.165, 1.54) is 38.8 Å². The van der Waals surface area contributed by atoms with Gasteiger partial charge in [-0.25, -0.2) is 4.98 Å². The third-order valence-corrected chi connectivity index (χ3v) is 4.81. The van der Waals surface area contributed by atoms with Crippen molar-refractivity contribution in [3.8, 4) is 0 Å². The van der Waals surface area contributed by atoms with Crippen LogP contribution in [0, 0.1) is 5.92 Å². The summed E-state index contributed by atoms with van der Waals surface area (Å²) in [6.45, 7) is 7.30. The molecule has 2 saturated heterocycles. The normalized spacial score (nSPS) is 23.7. The van der Waals surface area contributed by atoms with Crippen molar-refractivity contribution < 1.29 is 0 Å². The summed E-state index contributed by atoms with van der Waals surface area (Å²) >= 11 is 0. The van der Waals surface area contributed by atoms with Gasteiger partial charge in [-0.15, -0.1) is 0 Å². The van der Waals surface area contributed by atoms with Crippen LogP contribution in [0.3, 0.4) is 0 Å². The Kier molecular flexibility index (Phi) is 3.97. The van der Waals surface area contributed by atoms with E-state index in [-0.39, 0.29) is 0 Å². The van der Waals surface area contributed by atoms with Crippen molar-refractivity contribution >= 4 is 5.82 Å². The van der Waals surface area contributed by atoms with Crippen LogP contribution in [-0.2, 0) is 0 Å². The van der Waals surface area contributed by atoms with Gasteiger partial charge in [-0.3, -0.25) is 4.98 Å². The first-order chi connectivity index (χ1) is 9.34. The van der Waals surface area contributed by atoms with E-state index < -0.39 is 0 Å². The minimum Gasteiger partial charge on any atom is -0.355 e. The largest absolute Gasteiger partial charge is 0.355 e. The van der Waals surface area contributed by atoms with Crippen molar-refractivity contribution in [3.63, 3.8) is 0 Å². The number of rotatable bonds is 3. The molecule has 2 aliphatic heterocycles. The first-order valence-corrected chi connectivity index (χ1v) is 7.59. The Morgan fingerprint density at radius 3 is 2.47 bits per heavy atom. The molecule has 0 N–H and O–H groups in total. The van der Waals surface area contributed by atoms with E-state index >= 15 is 0 Å². The van der Waals surface area contributed by atoms with Crippen LogP contribution < -0.4 is 4.90 Å². The summed E-state index contributed by atoms with van der Waals surface area (Å²) in [5.74, 6) is 1.89. The molecule has 0 amide bonds. The van der Waals surface area contributed by atoms with Gasteiger partial charge in [0.05, 0.1) is 6.20 Å². The maximum Gasteiger partial charge on any atom is 0.147 e. The molecule has 1 atom stereocenters. The molecule has 0 spiro atoms. The lowest BCUT2D eigenvalue weighted by Crippen LogP contribution is -2.43. The molecule has 3 heterocycles. The predicted molar refractivity (Wildman–Crippen MR) is 77.2 cm³/mol. The number of hydrogen-bond donors (Lipinski definition) is 0. The monoisotopic (exact) mass is 260 g/mol. The fourth-order valence-corrected chi connectivity index (χ4v) is 3.51. The zero-order valence-electron chi connectivity index (χ0n) is 11.8. The summed E-state index contributed by atoms with van der Waals surface area (Å²) in [5.41, 5.74) is 0. The number of piperidine rings is 1. The summed E-state index contributed by atoms with van der Waals surface area (Å²) in [6.07, 6.45) is 10.8. The van der Waals surface area contributed by atoms with E-state index in [1.807, 2.05) is 6.20 Å². The van der Waals surface area contributed by atoms with Gasteiger partial charge < -0.3 is 9.80 Å². The first kappa shape index (κ1) is 12.9. The van der Waals surface area contributed by atoms with Gasteiger partial charge in [-0.2, -0.15) is 0 Å². The minimum absolute atomic E-state index is 0.756. The molecular formula is C15H24N4. The molecule has 2 aliphatic rings. The van der Waals surface area contributed by atoms with Crippen LogP contribution in [0.25, 0.3) is 0 Å². The van der Waals surface area contributed by atoms with Crippen LogP contribution in [-0.4, -0.2) is 47.1 Å². The van der Waals surface area contributed by atoms with Crippen LogP contribution >= 0.6 is 0 Å². The molecule has 3 rings (SSSR count). The lowest BCUT2D eigenvalue weighted by Gasteiger charge is -2.38. The van der Waals surface area contributed by atoms with Crippen LogP contribution in [0.5, 0.6) is 0 Å². The smallest absolute Gasteiger partial charge is 0.147 e. The van der Waals surface area contributed by atoms with Gasteiger partial charge in [0.1, 0.15) is 5.82 Å². The molecule has 0 saturated carbocycles. The summed E-state index contributed by atoms with van der Waals surface area (Å²) < 4.78 is 0. The second kappa shape index (κ2) is 5.87. The van der Waals surface area contributed by atoms with E-state index in [2.05, 4.69) is 26.7 Å². The number of anilines is 1. The second-order valence-electron chi connectivity index (χ2n) is 5.87. The summed E-state index contributed by atoms with van der Waals surface area (Å²) in [5, 5.41) is 0. The van der Waals surface area contributed by atoms with Crippen molar-refractivity contribution in [2.45, 2.75) is 38.6 Å². The summed E-state index contributed by atoms with van der Waals surface area (Å²) in [7, 11) is 0. The van der Waals surface area contributed by atoms with Gasteiger partial charge in [0.25, 0.3) is 0 Å². The number of likely N-dealkylation sites (tertiary alicyclic amines) is 1. The highest BCUT2D eigenvalue weighted by Crippen LogP contribution is 2.27. The molecule has 0 aliphatic carbocycles. The molecule has 1 aromatic rings. The zero-order chi connectivity index (χ0) is 13.1. The molecule has 4 nitrogen and oxygen atoms in total. The fraction of sp³-hybridized carbons (Fsp3) is 0.733. The quantitative estimate of drug-likeness (QED) is 0.834. The lowest BCUT2D eigenvalue weighted by molar-refractivity contribution is 0.167. The van der Waals surface area contributed by atoms with E-state index in [9.17, 15) is 0 Å². The highest BCUT2D eigenvalue weighted by Gasteiger charge is 2.29. The maximum absolute atomic E-state index is 4.40. The Morgan fingerprint density at radius 2 is 1.84 bits per heavy atom. The predicted octanol–water partition coefficient (Wildman–Crippen LogP) is 2.18. The molecule has 1 unspecified atom stereocenters. The van der Waals surface area contributed by atoms with E-state index in [0.717, 1.165) is 30.9 Å². The highest BCUT2D eigenvalue weighted by molar-refractivity contribution is 5.35. The summed E-state index contributed by atoms with van der Waals surface area (Å²) in [6, 6.07) is 0.756. The SMILES string of the molecule is CC(C1CCN(c2cnccn2)CC1)N1CCCC1. The van der Waals surface area contributed by atoms with Crippen LogP contribution in [0.1, 0.15) is 32.6 Å². The van der Waals surface area contributed by atoms with Crippen molar-refractivity contribution in [1.82, 2.24) is 14.9 Å². The topological polar surface area (TPSA) is 32.3 Å². The van der Waals surface area contributed by atoms with Crippen molar-refractivity contribution in [2.75, 3.05) is 31.1 Å². The molecule has 1 aromatic heterocycles. The van der Waals surface area contributed by atoms with Gasteiger partial charge in [0, 0.05) is 31.5 Å². The van der Waals surface area contributed by atoms with Gasteiger partial charge in [-0.05, 0) is 51.6 Å². The molecule has 2 fully saturated rings. The number of nitrogens with zero attached hydrogens (tertiary/aromatic N) is 4. The maximum atomic E-state index is 4.40. The number of aromatic nitrogens is 2. The van der Waals surface area contributed by atoms with Crippen LogP contribution in [0.4, 0.5) is 5.82 Å². The fourth-order valence-electron chi connectivity index (χ4n) is 3.51. The molecular weight excluding hydrogens is 236 g/mol. The standard InChI is InChI=1S/C15H24N4/c1-13(18-8-2-3-9-18)14-4-10-19(11-5-14)15-12-16-6-7-17-15/h6-7,12-14H,2-5,8-11H2,1H3. The van der Waals surface area contributed by atoms with Gasteiger partial charge >= 0.3 is 0 Å². The van der Waals surface area contributed by atoms with E-state index in [4.69, 9.17) is 0 Å². The van der Waals surface area contributed by atoms with E-state index in [0.29, 0.717) is 0 Å². The van der Waals surface area contributed by atoms with Crippen LogP contribution in [0.15, 0.2) is 18.6 Å². The molecule has 0 aromatic carbocycles. The third kappa shape index (κ3) is 2.89. The van der Waals surface area contributed by atoms with E-state index in [1.54, 1.807) is 12.4 Å². The van der Waals surface area contributed by atoms with Gasteiger partial charge in [0.2, 0.25) is 0 Å². The average molecular weight is 260 g/mol. The third-order valence-electron chi connectivity index (χ3n) is 4.81. The highest BCUT2D eigenvalue weighted by atomic mass is 15.2. The van der Waals surface area contributed by atoms with Crippen molar-refractivity contribution in [1.29, 1.82) is 0 Å². The van der Waals surface area contributed by atoms with Gasteiger partial charge in [-0.1, -0.05) is 0 Å². The second-order valence-corrected chi connectivity index (χ2v) is 5.87. The minimum atomic E-state index is 0.756. The first-order valence-electron chi connectivity index (χ1n) is 7.59. The summed E-state index contributed by atoms with van der Waals surface area (Å²) in [4.78, 5) is 13.6. The van der Waals surface area contributed by atoms with Crippen molar-refractivity contribution in [3.05, 3.63) is 18.6 Å². The Labute approximate surface area is 115 Å². The van der Waals surface area contributed by atoms with Crippen LogP contribution in [0.2, 0.25) is 0 Å². The Balaban J connectivity index is 1.54. The molecule has 0 bridgehead atoms. The molecule has 0 radical (unpaired) electrons. The average Bonchev–Trinajstić information content (AvgIpc) is 3.02. The lowest BCUT2D eigenvalue weighted by atomic mass is 9.89. The molecule has 19 heavy (non-hydrogen) atoms. The van der Waals surface area contributed by atoms with Gasteiger partial charge in [0.15, 0.2) is 0 Å².